The lowest BCUT2D eigenvalue weighted by molar-refractivity contribution is 0.202. The molecule has 0 aliphatic carbocycles. The van der Waals surface area contributed by atoms with Crippen LogP contribution in [0.3, 0.4) is 0 Å². The Morgan fingerprint density at radius 1 is 1.10 bits per heavy atom. The fraction of sp³-hybridized carbons (Fsp3) is 0.238. The van der Waals surface area contributed by atoms with Crippen LogP contribution in [0.5, 0.6) is 0 Å². The quantitative estimate of drug-likeness (QED) is 0.487. The van der Waals surface area contributed by atoms with Gasteiger partial charge < -0.3 is 19.9 Å². The van der Waals surface area contributed by atoms with Crippen molar-refractivity contribution in [3.63, 3.8) is 0 Å². The third-order valence-corrected chi connectivity index (χ3v) is 6.09. The van der Waals surface area contributed by atoms with Crippen LogP contribution >= 0.6 is 18.7 Å². The van der Waals surface area contributed by atoms with Gasteiger partial charge in [-0.2, -0.15) is 4.98 Å². The maximum absolute atomic E-state index is 12.6. The monoisotopic (exact) mass is 430 g/mol. The van der Waals surface area contributed by atoms with Crippen molar-refractivity contribution in [2.24, 2.45) is 0 Å². The van der Waals surface area contributed by atoms with E-state index in [-0.39, 0.29) is 0 Å². The van der Waals surface area contributed by atoms with Crippen molar-refractivity contribution in [3.8, 4) is 0 Å². The first-order valence-electron chi connectivity index (χ1n) is 9.16. The second-order valence-electron chi connectivity index (χ2n) is 6.95. The van der Waals surface area contributed by atoms with Gasteiger partial charge in [0, 0.05) is 18.1 Å². The van der Waals surface area contributed by atoms with E-state index in [2.05, 4.69) is 20.6 Å². The van der Waals surface area contributed by atoms with E-state index in [0.29, 0.717) is 29.1 Å². The Hall–Kier alpha value is -2.40. The minimum atomic E-state index is -2.46. The van der Waals surface area contributed by atoms with Gasteiger partial charge in [0.1, 0.15) is 12.2 Å². The highest BCUT2D eigenvalue weighted by Crippen LogP contribution is 2.38. The largest absolute Gasteiger partial charge is 0.384 e. The zero-order valence-corrected chi connectivity index (χ0v) is 18.3. The number of anilines is 4. The van der Waals surface area contributed by atoms with Crippen LogP contribution in [0.4, 0.5) is 23.1 Å². The van der Waals surface area contributed by atoms with Crippen molar-refractivity contribution in [1.82, 2.24) is 9.97 Å². The Bertz CT molecular complexity index is 1040. The minimum absolute atomic E-state index is 0.376. The molecule has 0 fully saturated rings. The molecule has 1 aromatic heterocycles. The molecule has 3 aromatic rings. The fourth-order valence-corrected chi connectivity index (χ4v) is 4.14. The first kappa shape index (κ1) is 21.3. The smallest absolute Gasteiger partial charge is 0.229 e. The number of nitrogens with zero attached hydrogens (tertiary/aromatic N) is 2. The fourth-order valence-electron chi connectivity index (χ4n) is 2.85. The van der Waals surface area contributed by atoms with Gasteiger partial charge in [0.15, 0.2) is 5.82 Å². The normalized spacial score (nSPS) is 11.3. The summed E-state index contributed by atoms with van der Waals surface area (Å²) >= 11 is 6.30. The highest BCUT2D eigenvalue weighted by atomic mass is 35.5. The Morgan fingerprint density at radius 3 is 2.66 bits per heavy atom. The molecular formula is C21H24ClN4O2P. The summed E-state index contributed by atoms with van der Waals surface area (Å²) in [5.74, 6) is 0.857. The molecule has 0 spiro atoms. The number of para-hydroxylation sites is 1. The zero-order chi connectivity index (χ0) is 20.9. The summed E-state index contributed by atoms with van der Waals surface area (Å²) in [6, 6.07) is 15.4. The number of methoxy groups -OCH3 is 1. The van der Waals surface area contributed by atoms with Gasteiger partial charge in [-0.1, -0.05) is 35.9 Å². The van der Waals surface area contributed by atoms with Crippen LogP contribution < -0.4 is 15.9 Å². The molecule has 0 amide bonds. The van der Waals surface area contributed by atoms with Gasteiger partial charge in [-0.3, -0.25) is 0 Å². The third kappa shape index (κ3) is 5.80. The molecule has 6 nitrogen and oxygen atoms in total. The van der Waals surface area contributed by atoms with Crippen molar-refractivity contribution >= 4 is 47.2 Å². The summed E-state index contributed by atoms with van der Waals surface area (Å²) in [7, 11) is -0.777. The van der Waals surface area contributed by atoms with E-state index in [1.54, 1.807) is 20.4 Å². The summed E-state index contributed by atoms with van der Waals surface area (Å²) in [4.78, 5) is 8.76. The molecule has 2 N–H and O–H groups in total. The lowest BCUT2D eigenvalue weighted by atomic mass is 10.1. The summed E-state index contributed by atoms with van der Waals surface area (Å²) in [5, 5.41) is 7.53. The summed E-state index contributed by atoms with van der Waals surface area (Å²) < 4.78 is 17.7. The number of rotatable bonds is 8. The second-order valence-corrected chi connectivity index (χ2v) is 10.5. The van der Waals surface area contributed by atoms with Crippen LogP contribution in [0.2, 0.25) is 5.02 Å². The van der Waals surface area contributed by atoms with Crippen molar-refractivity contribution in [3.05, 3.63) is 65.3 Å². The molecule has 8 heteroatoms. The predicted molar refractivity (Wildman–Crippen MR) is 121 cm³/mol. The van der Waals surface area contributed by atoms with Gasteiger partial charge in [0.25, 0.3) is 0 Å². The number of benzene rings is 2. The molecule has 2 aromatic carbocycles. The Balaban J connectivity index is 1.84. The maximum Gasteiger partial charge on any atom is 0.229 e. The van der Waals surface area contributed by atoms with Crippen LogP contribution in [-0.4, -0.2) is 37.0 Å². The molecule has 0 unspecified atom stereocenters. The Kier molecular flexibility index (Phi) is 6.91. The minimum Gasteiger partial charge on any atom is -0.384 e. The summed E-state index contributed by atoms with van der Waals surface area (Å²) in [6.07, 6.45) is 2.36. The highest BCUT2D eigenvalue weighted by molar-refractivity contribution is 7.70. The SMILES string of the molecule is COCCc1cccc(Nc2ncc(Cl)c(Nc3ccccc3P(C)(C)=O)n2)c1. The standard InChI is InChI=1S/C21H24ClN4O2P/c1-28-12-11-15-7-6-8-16(13-15)24-21-23-14-17(22)20(26-21)25-18-9-4-5-10-19(18)29(2,3)27/h4-10,13-14H,11-12H2,1-3H3,(H2,23,24,25,26). The van der Waals surface area contributed by atoms with Crippen LogP contribution in [0.1, 0.15) is 5.56 Å². The van der Waals surface area contributed by atoms with E-state index in [4.69, 9.17) is 16.3 Å². The molecule has 0 saturated carbocycles. The van der Waals surface area contributed by atoms with Crippen molar-refractivity contribution < 1.29 is 9.30 Å². The van der Waals surface area contributed by atoms with E-state index in [9.17, 15) is 4.57 Å². The lowest BCUT2D eigenvalue weighted by Gasteiger charge is -2.16. The topological polar surface area (TPSA) is 76.1 Å². The molecule has 1 heterocycles. The third-order valence-electron chi connectivity index (χ3n) is 4.26. The van der Waals surface area contributed by atoms with Gasteiger partial charge >= 0.3 is 0 Å². The molecule has 29 heavy (non-hydrogen) atoms. The molecular weight excluding hydrogens is 407 g/mol. The van der Waals surface area contributed by atoms with Gasteiger partial charge in [-0.15, -0.1) is 0 Å². The zero-order valence-electron chi connectivity index (χ0n) is 16.6. The number of halogens is 1. The summed E-state index contributed by atoms with van der Waals surface area (Å²) in [6.45, 7) is 4.13. The van der Waals surface area contributed by atoms with Gasteiger partial charge in [0.05, 0.1) is 18.5 Å². The lowest BCUT2D eigenvalue weighted by Crippen LogP contribution is -2.11. The van der Waals surface area contributed by atoms with Gasteiger partial charge in [-0.05, 0) is 49.6 Å². The first-order valence-corrected chi connectivity index (χ1v) is 12.1. The second kappa shape index (κ2) is 9.40. The maximum atomic E-state index is 12.6. The molecule has 3 rings (SSSR count). The van der Waals surface area contributed by atoms with E-state index in [0.717, 1.165) is 23.0 Å². The number of nitrogens with one attached hydrogen (secondary N) is 2. The van der Waals surface area contributed by atoms with Crippen molar-refractivity contribution in [1.29, 1.82) is 0 Å². The predicted octanol–water partition coefficient (Wildman–Crippen LogP) is 5.05. The number of ether oxygens (including phenoxy) is 1. The van der Waals surface area contributed by atoms with Crippen LogP contribution in [0.25, 0.3) is 0 Å². The summed E-state index contributed by atoms with van der Waals surface area (Å²) in [5.41, 5.74) is 2.74. The number of aromatic nitrogens is 2. The first-order chi connectivity index (χ1) is 13.9. The average molecular weight is 431 g/mol. The van der Waals surface area contributed by atoms with Gasteiger partial charge in [-0.25, -0.2) is 4.98 Å². The van der Waals surface area contributed by atoms with E-state index in [1.165, 1.54) is 6.20 Å². The molecule has 0 aliphatic rings. The highest BCUT2D eigenvalue weighted by Gasteiger charge is 2.17. The van der Waals surface area contributed by atoms with Gasteiger partial charge in [0.2, 0.25) is 5.95 Å². The average Bonchev–Trinajstić information content (AvgIpc) is 2.69. The number of hydrogen-bond donors (Lipinski definition) is 2. The Morgan fingerprint density at radius 2 is 1.90 bits per heavy atom. The molecule has 0 atom stereocenters. The molecule has 152 valence electrons. The van der Waals surface area contributed by atoms with Crippen LogP contribution in [-0.2, 0) is 15.7 Å². The molecule has 0 radical (unpaired) electrons. The Labute approximate surface area is 176 Å². The van der Waals surface area contributed by atoms with Crippen LogP contribution in [0, 0.1) is 0 Å². The molecule has 0 aliphatic heterocycles. The van der Waals surface area contributed by atoms with Crippen molar-refractivity contribution in [2.45, 2.75) is 6.42 Å². The van der Waals surface area contributed by atoms with Crippen LogP contribution in [0.15, 0.2) is 54.7 Å². The number of hydrogen-bond acceptors (Lipinski definition) is 6. The van der Waals surface area contributed by atoms with E-state index < -0.39 is 7.14 Å². The van der Waals surface area contributed by atoms with E-state index in [1.807, 2.05) is 48.5 Å². The molecule has 0 bridgehead atoms. The molecule has 0 saturated heterocycles. The van der Waals surface area contributed by atoms with E-state index >= 15 is 0 Å². The van der Waals surface area contributed by atoms with Crippen molar-refractivity contribution in [2.75, 3.05) is 37.7 Å².